The highest BCUT2D eigenvalue weighted by Gasteiger charge is 2.21. The Kier molecular flexibility index (Phi) is 2.69. The molecule has 0 bridgehead atoms. The molecule has 0 amide bonds. The molecule has 1 aromatic carbocycles. The Balaban J connectivity index is 1.79. The van der Waals surface area contributed by atoms with Crippen molar-refractivity contribution in [2.75, 3.05) is 12.3 Å². The third kappa shape index (κ3) is 2.39. The Labute approximate surface area is 101 Å². The van der Waals surface area contributed by atoms with Crippen molar-refractivity contribution in [3.63, 3.8) is 0 Å². The van der Waals surface area contributed by atoms with Gasteiger partial charge in [-0.15, -0.1) is 0 Å². The van der Waals surface area contributed by atoms with Crippen molar-refractivity contribution in [3.8, 4) is 0 Å². The molecule has 0 aliphatic heterocycles. The Morgan fingerprint density at radius 2 is 2.12 bits per heavy atom. The number of ether oxygens (including phenoxy) is 1. The highest BCUT2D eigenvalue weighted by molar-refractivity contribution is 5.81. The standard InChI is InChI=1S/C14H16N2O/c15-14-12(9-17-8-10-5-6-10)7-11-3-1-2-4-13(11)16-14/h1-4,7,10H,5-6,8-9H2,(H2,15,16). The molecule has 0 radical (unpaired) electrons. The Morgan fingerprint density at radius 1 is 1.29 bits per heavy atom. The second-order valence-electron chi connectivity index (χ2n) is 4.68. The van der Waals surface area contributed by atoms with Gasteiger partial charge in [-0.1, -0.05) is 18.2 Å². The van der Waals surface area contributed by atoms with Crippen LogP contribution in [0.25, 0.3) is 10.9 Å². The van der Waals surface area contributed by atoms with Crippen molar-refractivity contribution < 1.29 is 4.74 Å². The molecule has 0 unspecified atom stereocenters. The fraction of sp³-hybridized carbons (Fsp3) is 0.357. The molecule has 0 atom stereocenters. The first-order valence-electron chi connectivity index (χ1n) is 6.05. The van der Waals surface area contributed by atoms with Crippen LogP contribution in [0, 0.1) is 5.92 Å². The van der Waals surface area contributed by atoms with Crippen molar-refractivity contribution >= 4 is 16.7 Å². The molecular formula is C14H16N2O. The smallest absolute Gasteiger partial charge is 0.129 e. The third-order valence-electron chi connectivity index (χ3n) is 3.14. The molecule has 1 aromatic heterocycles. The molecule has 1 aliphatic rings. The second-order valence-corrected chi connectivity index (χ2v) is 4.68. The number of rotatable bonds is 4. The molecule has 17 heavy (non-hydrogen) atoms. The van der Waals surface area contributed by atoms with Gasteiger partial charge in [-0.25, -0.2) is 4.98 Å². The molecule has 1 aliphatic carbocycles. The van der Waals surface area contributed by atoms with Crippen molar-refractivity contribution in [2.45, 2.75) is 19.4 Å². The lowest BCUT2D eigenvalue weighted by molar-refractivity contribution is 0.111. The maximum Gasteiger partial charge on any atom is 0.129 e. The fourth-order valence-corrected chi connectivity index (χ4v) is 1.91. The van der Waals surface area contributed by atoms with E-state index in [1.165, 1.54) is 12.8 Å². The van der Waals surface area contributed by atoms with E-state index in [9.17, 15) is 0 Å². The molecule has 2 N–H and O–H groups in total. The van der Waals surface area contributed by atoms with Gasteiger partial charge in [0.15, 0.2) is 0 Å². The van der Waals surface area contributed by atoms with E-state index in [1.807, 2.05) is 24.3 Å². The lowest BCUT2D eigenvalue weighted by atomic mass is 10.1. The zero-order valence-corrected chi connectivity index (χ0v) is 9.73. The first-order valence-corrected chi connectivity index (χ1v) is 6.05. The molecule has 2 aromatic rings. The number of hydrogen-bond donors (Lipinski definition) is 1. The van der Waals surface area contributed by atoms with Gasteiger partial charge in [-0.05, 0) is 30.9 Å². The van der Waals surface area contributed by atoms with E-state index in [2.05, 4.69) is 11.1 Å². The van der Waals surface area contributed by atoms with Crippen LogP contribution < -0.4 is 5.73 Å². The number of aromatic nitrogens is 1. The van der Waals surface area contributed by atoms with Gasteiger partial charge in [0.25, 0.3) is 0 Å². The highest BCUT2D eigenvalue weighted by Crippen LogP contribution is 2.29. The summed E-state index contributed by atoms with van der Waals surface area (Å²) >= 11 is 0. The van der Waals surface area contributed by atoms with Crippen LogP contribution in [0.4, 0.5) is 5.82 Å². The summed E-state index contributed by atoms with van der Waals surface area (Å²) in [5.74, 6) is 1.36. The molecule has 0 saturated heterocycles. The molecule has 3 rings (SSSR count). The van der Waals surface area contributed by atoms with Gasteiger partial charge in [0.2, 0.25) is 0 Å². The predicted octanol–water partition coefficient (Wildman–Crippen LogP) is 2.74. The summed E-state index contributed by atoms with van der Waals surface area (Å²) in [5, 5.41) is 1.12. The number of pyridine rings is 1. The average molecular weight is 228 g/mol. The minimum atomic E-state index is 0.570. The predicted molar refractivity (Wildman–Crippen MR) is 68.5 cm³/mol. The van der Waals surface area contributed by atoms with Gasteiger partial charge in [-0.3, -0.25) is 0 Å². The summed E-state index contributed by atoms with van der Waals surface area (Å²) in [6, 6.07) is 10.1. The number of anilines is 1. The summed E-state index contributed by atoms with van der Waals surface area (Å²) < 4.78 is 5.65. The van der Waals surface area contributed by atoms with Gasteiger partial charge in [0.05, 0.1) is 12.1 Å². The van der Waals surface area contributed by atoms with Crippen LogP contribution >= 0.6 is 0 Å². The van der Waals surface area contributed by atoms with Crippen LogP contribution in [0.15, 0.2) is 30.3 Å². The van der Waals surface area contributed by atoms with Gasteiger partial charge in [-0.2, -0.15) is 0 Å². The number of para-hydroxylation sites is 1. The van der Waals surface area contributed by atoms with Gasteiger partial charge < -0.3 is 10.5 Å². The van der Waals surface area contributed by atoms with Crippen LogP contribution in [0.5, 0.6) is 0 Å². The highest BCUT2D eigenvalue weighted by atomic mass is 16.5. The molecular weight excluding hydrogens is 212 g/mol. The fourth-order valence-electron chi connectivity index (χ4n) is 1.91. The first kappa shape index (κ1) is 10.5. The molecule has 1 heterocycles. The molecule has 1 fully saturated rings. The molecule has 88 valence electrons. The van der Waals surface area contributed by atoms with Crippen molar-refractivity contribution in [3.05, 3.63) is 35.9 Å². The van der Waals surface area contributed by atoms with Crippen molar-refractivity contribution in [1.29, 1.82) is 0 Å². The summed E-state index contributed by atoms with van der Waals surface area (Å²) in [5.41, 5.74) is 7.86. The zero-order chi connectivity index (χ0) is 11.7. The lowest BCUT2D eigenvalue weighted by Crippen LogP contribution is -2.02. The van der Waals surface area contributed by atoms with Gasteiger partial charge in [0.1, 0.15) is 5.82 Å². The van der Waals surface area contributed by atoms with Crippen LogP contribution in [-0.2, 0) is 11.3 Å². The second kappa shape index (κ2) is 4.34. The third-order valence-corrected chi connectivity index (χ3v) is 3.14. The quantitative estimate of drug-likeness (QED) is 0.875. The Morgan fingerprint density at radius 3 is 2.94 bits per heavy atom. The van der Waals surface area contributed by atoms with Crippen LogP contribution in [0.1, 0.15) is 18.4 Å². The summed E-state index contributed by atoms with van der Waals surface area (Å²) in [7, 11) is 0. The van der Waals surface area contributed by atoms with E-state index in [0.717, 1.165) is 29.0 Å². The van der Waals surface area contributed by atoms with E-state index in [4.69, 9.17) is 10.5 Å². The van der Waals surface area contributed by atoms with Crippen LogP contribution in [0.2, 0.25) is 0 Å². The first-order chi connectivity index (χ1) is 8.33. The maximum absolute atomic E-state index is 5.93. The largest absolute Gasteiger partial charge is 0.383 e. The maximum atomic E-state index is 5.93. The average Bonchev–Trinajstić information content (AvgIpc) is 3.14. The summed E-state index contributed by atoms with van der Waals surface area (Å²) in [6.07, 6.45) is 2.62. The Hall–Kier alpha value is -1.61. The summed E-state index contributed by atoms with van der Waals surface area (Å²) in [4.78, 5) is 4.39. The number of hydrogen-bond acceptors (Lipinski definition) is 3. The number of fused-ring (bicyclic) bond motifs is 1. The van der Waals surface area contributed by atoms with E-state index < -0.39 is 0 Å². The van der Waals surface area contributed by atoms with Crippen molar-refractivity contribution in [1.82, 2.24) is 4.98 Å². The number of benzene rings is 1. The van der Waals surface area contributed by atoms with E-state index in [1.54, 1.807) is 0 Å². The van der Waals surface area contributed by atoms with Crippen LogP contribution in [-0.4, -0.2) is 11.6 Å². The van der Waals surface area contributed by atoms with Crippen molar-refractivity contribution in [2.24, 2.45) is 5.92 Å². The van der Waals surface area contributed by atoms with Gasteiger partial charge >= 0.3 is 0 Å². The molecule has 0 spiro atoms. The molecule has 3 nitrogen and oxygen atoms in total. The number of nitrogen functional groups attached to an aromatic ring is 1. The number of nitrogens with zero attached hydrogens (tertiary/aromatic N) is 1. The lowest BCUT2D eigenvalue weighted by Gasteiger charge is -2.07. The normalized spacial score (nSPS) is 15.3. The number of nitrogens with two attached hydrogens (primary N) is 1. The molecule has 3 heteroatoms. The minimum absolute atomic E-state index is 0.570. The van der Waals surface area contributed by atoms with E-state index in [0.29, 0.717) is 12.4 Å². The van der Waals surface area contributed by atoms with Crippen LogP contribution in [0.3, 0.4) is 0 Å². The zero-order valence-electron chi connectivity index (χ0n) is 9.73. The minimum Gasteiger partial charge on any atom is -0.383 e. The monoisotopic (exact) mass is 228 g/mol. The molecule has 1 saturated carbocycles. The summed E-state index contributed by atoms with van der Waals surface area (Å²) in [6.45, 7) is 1.42. The SMILES string of the molecule is Nc1nc2ccccc2cc1COCC1CC1. The van der Waals surface area contributed by atoms with Gasteiger partial charge in [0, 0.05) is 17.6 Å². The van der Waals surface area contributed by atoms with E-state index >= 15 is 0 Å². The van der Waals surface area contributed by atoms with E-state index in [-0.39, 0.29) is 0 Å². The Bertz CT molecular complexity index is 535. The topological polar surface area (TPSA) is 48.1 Å².